The van der Waals surface area contributed by atoms with Crippen molar-refractivity contribution >= 4 is 5.97 Å². The van der Waals surface area contributed by atoms with Crippen LogP contribution in [0, 0.1) is 0 Å². The third-order valence-corrected chi connectivity index (χ3v) is 1.50. The average molecular weight is 177 g/mol. The lowest BCUT2D eigenvalue weighted by Gasteiger charge is -2.07. The summed E-state index contributed by atoms with van der Waals surface area (Å²) in [5.41, 5.74) is 0. The standard InChI is InChI=1S/C8H17NO2.H2O/c1-9(2)7-5-3-4-6-8(10)11;/h3-7H2,1-2H3,(H,10,11);1H2. The van der Waals surface area contributed by atoms with E-state index in [0.29, 0.717) is 6.42 Å². The number of aliphatic carboxylic acids is 1. The Balaban J connectivity index is 0. The van der Waals surface area contributed by atoms with Gasteiger partial charge in [0.05, 0.1) is 0 Å². The van der Waals surface area contributed by atoms with Gasteiger partial charge in [0.25, 0.3) is 0 Å². The summed E-state index contributed by atoms with van der Waals surface area (Å²) < 4.78 is 0. The van der Waals surface area contributed by atoms with Crippen molar-refractivity contribution in [2.75, 3.05) is 20.6 Å². The van der Waals surface area contributed by atoms with Crippen LogP contribution in [0.2, 0.25) is 0 Å². The van der Waals surface area contributed by atoms with Crippen LogP contribution in [0.5, 0.6) is 0 Å². The zero-order valence-corrected chi connectivity index (χ0v) is 7.84. The molecule has 0 radical (unpaired) electrons. The lowest BCUT2D eigenvalue weighted by Crippen LogP contribution is -2.12. The fourth-order valence-corrected chi connectivity index (χ4v) is 0.881. The molecule has 4 heteroatoms. The van der Waals surface area contributed by atoms with Gasteiger partial charge in [-0.25, -0.2) is 0 Å². The second-order valence-corrected chi connectivity index (χ2v) is 3.01. The lowest BCUT2D eigenvalue weighted by atomic mass is 10.2. The highest BCUT2D eigenvalue weighted by Crippen LogP contribution is 1.99. The normalized spacial score (nSPS) is 9.58. The average Bonchev–Trinajstić information content (AvgIpc) is 1.85. The van der Waals surface area contributed by atoms with Crippen molar-refractivity contribution in [3.05, 3.63) is 0 Å². The Morgan fingerprint density at radius 1 is 1.25 bits per heavy atom. The first-order chi connectivity index (χ1) is 5.13. The Morgan fingerprint density at radius 3 is 2.25 bits per heavy atom. The zero-order chi connectivity index (χ0) is 8.69. The molecule has 0 aliphatic heterocycles. The molecule has 0 spiro atoms. The van der Waals surface area contributed by atoms with Crippen molar-refractivity contribution in [2.45, 2.75) is 25.7 Å². The van der Waals surface area contributed by atoms with Gasteiger partial charge in [0.15, 0.2) is 0 Å². The van der Waals surface area contributed by atoms with E-state index in [0.717, 1.165) is 25.8 Å². The molecular formula is C8H19NO3. The number of carbonyl (C=O) groups is 1. The highest BCUT2D eigenvalue weighted by molar-refractivity contribution is 5.66. The minimum atomic E-state index is -0.685. The first kappa shape index (κ1) is 13.9. The summed E-state index contributed by atoms with van der Waals surface area (Å²) in [6, 6.07) is 0. The maximum Gasteiger partial charge on any atom is 0.303 e. The third-order valence-electron chi connectivity index (χ3n) is 1.50. The molecule has 0 unspecified atom stereocenters. The molecule has 12 heavy (non-hydrogen) atoms. The van der Waals surface area contributed by atoms with Crippen molar-refractivity contribution in [1.29, 1.82) is 0 Å². The van der Waals surface area contributed by atoms with Crippen LogP contribution in [0.3, 0.4) is 0 Å². The second-order valence-electron chi connectivity index (χ2n) is 3.01. The SMILES string of the molecule is CN(C)CCCCCC(=O)O.O. The maximum atomic E-state index is 10.1. The molecule has 0 aliphatic rings. The number of carboxylic acid groups (broad SMARTS) is 1. The van der Waals surface area contributed by atoms with Crippen LogP contribution in [0.25, 0.3) is 0 Å². The second kappa shape index (κ2) is 8.49. The summed E-state index contributed by atoms with van der Waals surface area (Å²) >= 11 is 0. The van der Waals surface area contributed by atoms with Gasteiger partial charge in [0, 0.05) is 6.42 Å². The molecule has 0 aliphatic carbocycles. The van der Waals surface area contributed by atoms with Gasteiger partial charge < -0.3 is 15.5 Å². The van der Waals surface area contributed by atoms with E-state index in [-0.39, 0.29) is 5.48 Å². The molecule has 0 saturated carbocycles. The number of nitrogens with zero attached hydrogens (tertiary/aromatic N) is 1. The van der Waals surface area contributed by atoms with E-state index >= 15 is 0 Å². The van der Waals surface area contributed by atoms with Crippen molar-refractivity contribution in [2.24, 2.45) is 0 Å². The maximum absolute atomic E-state index is 10.1. The third kappa shape index (κ3) is 12.1. The Morgan fingerprint density at radius 2 is 1.83 bits per heavy atom. The van der Waals surface area contributed by atoms with Crippen molar-refractivity contribution in [3.63, 3.8) is 0 Å². The summed E-state index contributed by atoms with van der Waals surface area (Å²) in [4.78, 5) is 12.2. The predicted molar refractivity (Wildman–Crippen MR) is 48.3 cm³/mol. The molecule has 0 amide bonds. The van der Waals surface area contributed by atoms with Gasteiger partial charge in [-0.3, -0.25) is 4.79 Å². The molecule has 0 bridgehead atoms. The summed E-state index contributed by atoms with van der Waals surface area (Å²) in [7, 11) is 4.05. The highest BCUT2D eigenvalue weighted by Gasteiger charge is 1.96. The smallest absolute Gasteiger partial charge is 0.303 e. The van der Waals surface area contributed by atoms with Gasteiger partial charge in [-0.1, -0.05) is 6.42 Å². The molecule has 0 aromatic heterocycles. The van der Waals surface area contributed by atoms with Crippen molar-refractivity contribution < 1.29 is 15.4 Å². The Bertz CT molecular complexity index is 115. The Hall–Kier alpha value is -0.610. The summed E-state index contributed by atoms with van der Waals surface area (Å²) in [6.45, 7) is 1.06. The molecule has 4 nitrogen and oxygen atoms in total. The number of hydrogen-bond donors (Lipinski definition) is 1. The van der Waals surface area contributed by atoms with E-state index in [9.17, 15) is 4.79 Å². The number of rotatable bonds is 6. The predicted octanol–water partition coefficient (Wildman–Crippen LogP) is 0.368. The topological polar surface area (TPSA) is 72.0 Å². The molecular weight excluding hydrogens is 158 g/mol. The quantitative estimate of drug-likeness (QED) is 0.596. The molecule has 0 rings (SSSR count). The van der Waals surface area contributed by atoms with Crippen LogP contribution >= 0.6 is 0 Å². The number of hydrogen-bond acceptors (Lipinski definition) is 2. The molecule has 3 N–H and O–H groups in total. The van der Waals surface area contributed by atoms with Crippen molar-refractivity contribution in [1.82, 2.24) is 4.90 Å². The van der Waals surface area contributed by atoms with E-state index in [2.05, 4.69) is 4.90 Å². The first-order valence-electron chi connectivity index (χ1n) is 3.99. The molecule has 0 saturated heterocycles. The fraction of sp³-hybridized carbons (Fsp3) is 0.875. The van der Waals surface area contributed by atoms with Gasteiger partial charge in [-0.15, -0.1) is 0 Å². The van der Waals surface area contributed by atoms with Crippen LogP contribution in [-0.4, -0.2) is 42.1 Å². The summed E-state index contributed by atoms with van der Waals surface area (Å²) in [6.07, 6.45) is 3.24. The van der Waals surface area contributed by atoms with E-state index in [1.807, 2.05) is 14.1 Å². The highest BCUT2D eigenvalue weighted by atomic mass is 16.4. The molecule has 0 aromatic rings. The van der Waals surface area contributed by atoms with E-state index < -0.39 is 5.97 Å². The zero-order valence-electron chi connectivity index (χ0n) is 7.84. The molecule has 0 fully saturated rings. The minimum Gasteiger partial charge on any atom is -0.481 e. The summed E-state index contributed by atoms with van der Waals surface area (Å²) in [5.74, 6) is -0.685. The van der Waals surface area contributed by atoms with Gasteiger partial charge in [0.2, 0.25) is 0 Å². The van der Waals surface area contributed by atoms with Crippen molar-refractivity contribution in [3.8, 4) is 0 Å². The Kier molecular flexibility index (Phi) is 9.86. The minimum absolute atomic E-state index is 0. The molecule has 0 atom stereocenters. The van der Waals surface area contributed by atoms with Crippen LogP contribution in [0.4, 0.5) is 0 Å². The largest absolute Gasteiger partial charge is 0.481 e. The Labute approximate surface area is 73.5 Å². The van der Waals surface area contributed by atoms with Crippen LogP contribution in [0.15, 0.2) is 0 Å². The monoisotopic (exact) mass is 177 g/mol. The van der Waals surface area contributed by atoms with Gasteiger partial charge in [-0.05, 0) is 33.5 Å². The van der Waals surface area contributed by atoms with Gasteiger partial charge in [0.1, 0.15) is 0 Å². The molecule has 74 valence electrons. The van der Waals surface area contributed by atoms with E-state index in [1.54, 1.807) is 0 Å². The number of unbranched alkanes of at least 4 members (excludes halogenated alkanes) is 2. The first-order valence-corrected chi connectivity index (χ1v) is 3.99. The van der Waals surface area contributed by atoms with E-state index in [4.69, 9.17) is 5.11 Å². The lowest BCUT2D eigenvalue weighted by molar-refractivity contribution is -0.137. The fourth-order valence-electron chi connectivity index (χ4n) is 0.881. The van der Waals surface area contributed by atoms with Gasteiger partial charge in [-0.2, -0.15) is 0 Å². The van der Waals surface area contributed by atoms with Crippen LogP contribution in [0.1, 0.15) is 25.7 Å². The van der Waals surface area contributed by atoms with Crippen LogP contribution < -0.4 is 0 Å². The van der Waals surface area contributed by atoms with Crippen LogP contribution in [-0.2, 0) is 4.79 Å². The van der Waals surface area contributed by atoms with Gasteiger partial charge >= 0.3 is 5.97 Å². The van der Waals surface area contributed by atoms with E-state index in [1.165, 1.54) is 0 Å². The molecule has 0 aromatic carbocycles. The number of carboxylic acids is 1. The molecule has 0 heterocycles. The summed E-state index contributed by atoms with van der Waals surface area (Å²) in [5, 5.41) is 8.31.